The Morgan fingerprint density at radius 1 is 1.00 bits per heavy atom. The molecule has 0 aromatic heterocycles. The van der Waals surface area contributed by atoms with E-state index in [2.05, 4.69) is 85.8 Å². The lowest BCUT2D eigenvalue weighted by Crippen LogP contribution is -2.35. The summed E-state index contributed by atoms with van der Waals surface area (Å²) in [6.07, 6.45) is 11.7. The van der Waals surface area contributed by atoms with Crippen molar-refractivity contribution in [3.05, 3.63) is 120 Å². The van der Waals surface area contributed by atoms with Gasteiger partial charge in [0.2, 0.25) is 5.91 Å². The van der Waals surface area contributed by atoms with Crippen molar-refractivity contribution in [3.8, 4) is 0 Å². The average molecular weight is 438 g/mol. The summed E-state index contributed by atoms with van der Waals surface area (Å²) >= 11 is 0. The normalized spacial score (nSPS) is 20.0. The van der Waals surface area contributed by atoms with Crippen molar-refractivity contribution in [2.75, 3.05) is 6.61 Å². The van der Waals surface area contributed by atoms with Crippen LogP contribution in [0.3, 0.4) is 0 Å². The maximum atomic E-state index is 12.3. The summed E-state index contributed by atoms with van der Waals surface area (Å²) in [6.45, 7) is 2.25. The van der Waals surface area contributed by atoms with Crippen molar-refractivity contribution in [1.29, 1.82) is 0 Å². The van der Waals surface area contributed by atoms with Crippen LogP contribution in [0.15, 0.2) is 109 Å². The number of benzene rings is 3. The maximum Gasteiger partial charge on any atom is 0.228 e. The van der Waals surface area contributed by atoms with Gasteiger partial charge in [0, 0.05) is 5.41 Å². The number of amides is 1. The number of carbonyl (C=O) groups is 1. The standard InChI is InChI=1S/C30H31NO2/c1-29(26-11-3-2-4-12-26,27-14-13-24-9-5-6-10-25(24)21-27)17-7-8-18-30(28(31)33)19-15-23(22-32)16-20-30/h2-16,19,21,32H,17-18,20,22H2,1H3,(H2,31,33)/b8-7+/t29?,30-/m0/s1. The minimum absolute atomic E-state index is 0.0254. The van der Waals surface area contributed by atoms with E-state index in [0.29, 0.717) is 12.8 Å². The minimum atomic E-state index is -0.735. The molecular weight excluding hydrogens is 406 g/mol. The van der Waals surface area contributed by atoms with E-state index in [-0.39, 0.29) is 17.9 Å². The third kappa shape index (κ3) is 4.69. The van der Waals surface area contributed by atoms with Crippen molar-refractivity contribution in [2.45, 2.75) is 31.6 Å². The molecule has 2 atom stereocenters. The zero-order valence-electron chi connectivity index (χ0n) is 19.1. The number of hydrogen-bond acceptors (Lipinski definition) is 2. The van der Waals surface area contributed by atoms with Crippen LogP contribution in [0.2, 0.25) is 0 Å². The molecule has 168 valence electrons. The van der Waals surface area contributed by atoms with E-state index in [4.69, 9.17) is 5.73 Å². The highest BCUT2D eigenvalue weighted by Gasteiger charge is 2.33. The zero-order chi connectivity index (χ0) is 23.3. The van der Waals surface area contributed by atoms with Gasteiger partial charge in [-0.2, -0.15) is 0 Å². The molecule has 0 saturated carbocycles. The molecular formula is C30H31NO2. The summed E-state index contributed by atoms with van der Waals surface area (Å²) in [6, 6.07) is 25.7. The fourth-order valence-corrected chi connectivity index (χ4v) is 4.62. The summed E-state index contributed by atoms with van der Waals surface area (Å²) in [5.41, 5.74) is 8.16. The van der Waals surface area contributed by atoms with Gasteiger partial charge in [-0.1, -0.05) is 110 Å². The fourth-order valence-electron chi connectivity index (χ4n) is 4.62. The molecule has 0 heterocycles. The van der Waals surface area contributed by atoms with Gasteiger partial charge < -0.3 is 10.8 Å². The SMILES string of the molecule is CC(C/C=C/C[C@]1(C(N)=O)C=CC(CO)=CC1)(c1ccccc1)c1ccc2ccccc2c1. The molecule has 0 saturated heterocycles. The van der Waals surface area contributed by atoms with Crippen molar-refractivity contribution < 1.29 is 9.90 Å². The maximum absolute atomic E-state index is 12.3. The van der Waals surface area contributed by atoms with Gasteiger partial charge >= 0.3 is 0 Å². The van der Waals surface area contributed by atoms with Crippen LogP contribution in [0.5, 0.6) is 0 Å². The number of hydrogen-bond donors (Lipinski definition) is 2. The van der Waals surface area contributed by atoms with Crippen molar-refractivity contribution >= 4 is 16.7 Å². The van der Waals surface area contributed by atoms with Gasteiger partial charge in [-0.3, -0.25) is 4.79 Å². The molecule has 0 spiro atoms. The molecule has 1 unspecified atom stereocenters. The van der Waals surface area contributed by atoms with Crippen LogP contribution in [0.1, 0.15) is 37.3 Å². The molecule has 1 aliphatic rings. The summed E-state index contributed by atoms with van der Waals surface area (Å²) in [5.74, 6) is -0.336. The number of aliphatic hydroxyl groups excluding tert-OH is 1. The van der Waals surface area contributed by atoms with Crippen molar-refractivity contribution in [2.24, 2.45) is 11.1 Å². The number of aliphatic hydroxyl groups is 1. The predicted molar refractivity (Wildman–Crippen MR) is 136 cm³/mol. The van der Waals surface area contributed by atoms with Crippen molar-refractivity contribution in [1.82, 2.24) is 0 Å². The minimum Gasteiger partial charge on any atom is -0.392 e. The predicted octanol–water partition coefficient (Wildman–Crippen LogP) is 5.83. The Morgan fingerprint density at radius 3 is 2.39 bits per heavy atom. The van der Waals surface area contributed by atoms with Crippen LogP contribution in [0, 0.1) is 5.41 Å². The molecule has 0 radical (unpaired) electrons. The third-order valence-corrected chi connectivity index (χ3v) is 6.99. The lowest BCUT2D eigenvalue weighted by molar-refractivity contribution is -0.125. The van der Waals surface area contributed by atoms with Crippen LogP contribution in [0.25, 0.3) is 10.8 Å². The fraction of sp³-hybridized carbons (Fsp3) is 0.233. The Balaban J connectivity index is 1.61. The largest absolute Gasteiger partial charge is 0.392 e. The molecule has 0 bridgehead atoms. The topological polar surface area (TPSA) is 63.3 Å². The van der Waals surface area contributed by atoms with Crippen LogP contribution in [-0.4, -0.2) is 17.6 Å². The molecule has 0 fully saturated rings. The van der Waals surface area contributed by atoms with E-state index in [1.165, 1.54) is 21.9 Å². The quantitative estimate of drug-likeness (QED) is 0.435. The van der Waals surface area contributed by atoms with Crippen LogP contribution < -0.4 is 5.73 Å². The highest BCUT2D eigenvalue weighted by molar-refractivity contribution is 5.84. The molecule has 3 N–H and O–H groups in total. The Kier molecular flexibility index (Phi) is 6.62. The van der Waals surface area contributed by atoms with Gasteiger partial charge in [0.15, 0.2) is 0 Å². The molecule has 3 aromatic carbocycles. The highest BCUT2D eigenvalue weighted by atomic mass is 16.3. The lowest BCUT2D eigenvalue weighted by atomic mass is 9.72. The van der Waals surface area contributed by atoms with E-state index < -0.39 is 5.41 Å². The van der Waals surface area contributed by atoms with Gasteiger partial charge in [0.25, 0.3) is 0 Å². The molecule has 33 heavy (non-hydrogen) atoms. The Hall–Kier alpha value is -3.43. The number of carbonyl (C=O) groups excluding carboxylic acids is 1. The molecule has 3 nitrogen and oxygen atoms in total. The average Bonchev–Trinajstić information content (AvgIpc) is 2.87. The smallest absolute Gasteiger partial charge is 0.228 e. The summed E-state index contributed by atoms with van der Waals surface area (Å²) < 4.78 is 0. The molecule has 4 rings (SSSR count). The lowest BCUT2D eigenvalue weighted by Gasteiger charge is -2.31. The first kappa shape index (κ1) is 22.8. The van der Waals surface area contributed by atoms with E-state index >= 15 is 0 Å². The van der Waals surface area contributed by atoms with Gasteiger partial charge in [0.1, 0.15) is 0 Å². The summed E-state index contributed by atoms with van der Waals surface area (Å²) in [5, 5.41) is 11.8. The molecule has 1 aliphatic carbocycles. The van der Waals surface area contributed by atoms with Crippen molar-refractivity contribution in [3.63, 3.8) is 0 Å². The summed E-state index contributed by atoms with van der Waals surface area (Å²) in [7, 11) is 0. The first-order chi connectivity index (χ1) is 16.0. The number of allylic oxidation sites excluding steroid dienone is 3. The second-order valence-electron chi connectivity index (χ2n) is 9.13. The monoisotopic (exact) mass is 437 g/mol. The molecule has 3 aromatic rings. The van der Waals surface area contributed by atoms with E-state index in [0.717, 1.165) is 12.0 Å². The Labute approximate surface area is 196 Å². The van der Waals surface area contributed by atoms with Gasteiger partial charge in [-0.05, 0) is 46.7 Å². The number of nitrogens with two attached hydrogens (primary N) is 1. The second kappa shape index (κ2) is 9.60. The molecule has 3 heteroatoms. The van der Waals surface area contributed by atoms with Gasteiger partial charge in [-0.15, -0.1) is 0 Å². The number of primary amides is 1. The number of rotatable bonds is 8. The van der Waals surface area contributed by atoms with E-state index in [1.807, 2.05) is 24.3 Å². The van der Waals surface area contributed by atoms with E-state index in [9.17, 15) is 9.90 Å². The van der Waals surface area contributed by atoms with Crippen LogP contribution in [0.4, 0.5) is 0 Å². The van der Waals surface area contributed by atoms with Crippen LogP contribution in [-0.2, 0) is 10.2 Å². The molecule has 0 aliphatic heterocycles. The van der Waals surface area contributed by atoms with Gasteiger partial charge in [-0.25, -0.2) is 0 Å². The Bertz CT molecular complexity index is 1220. The molecule has 1 amide bonds. The third-order valence-electron chi connectivity index (χ3n) is 6.99. The van der Waals surface area contributed by atoms with Gasteiger partial charge in [0.05, 0.1) is 12.0 Å². The zero-order valence-corrected chi connectivity index (χ0v) is 19.1. The highest BCUT2D eigenvalue weighted by Crippen LogP contribution is 2.38. The van der Waals surface area contributed by atoms with E-state index in [1.54, 1.807) is 0 Å². The van der Waals surface area contributed by atoms with Crippen LogP contribution >= 0.6 is 0 Å². The first-order valence-corrected chi connectivity index (χ1v) is 11.5. The first-order valence-electron chi connectivity index (χ1n) is 11.5. The summed E-state index contributed by atoms with van der Waals surface area (Å²) in [4.78, 5) is 12.3. The second-order valence-corrected chi connectivity index (χ2v) is 9.13. The Morgan fingerprint density at radius 2 is 1.73 bits per heavy atom. The number of fused-ring (bicyclic) bond motifs is 1.